The Morgan fingerprint density at radius 2 is 1.61 bits per heavy atom. The molecule has 2 aliphatic rings. The number of aromatic nitrogens is 1. The van der Waals surface area contributed by atoms with Gasteiger partial charge in [0, 0.05) is 49.7 Å². The van der Waals surface area contributed by atoms with Crippen molar-refractivity contribution in [2.24, 2.45) is 5.92 Å². The monoisotopic (exact) mass is 665 g/mol. The Hall–Kier alpha value is -3.30. The number of anilines is 1. The lowest BCUT2D eigenvalue weighted by molar-refractivity contribution is -0.145. The average Bonchev–Trinajstić information content (AvgIpc) is 2.96. The molecule has 5 rings (SSSR count). The van der Waals surface area contributed by atoms with Crippen LogP contribution in [0.3, 0.4) is 0 Å². The predicted molar refractivity (Wildman–Crippen MR) is 168 cm³/mol. The number of halogens is 1. The minimum atomic E-state index is -4.02. The number of piperazine rings is 1. The molecule has 0 radical (unpaired) electrons. The third kappa shape index (κ3) is 8.45. The van der Waals surface area contributed by atoms with E-state index in [9.17, 15) is 26.4 Å². The standard InChI is InChI=1S/C28H32ClN5O4S.CH4O3S/c1-19-28(36)33(17-21-9-13-32(14-10-21)25-7-11-30-12-8-25)27(31-20(2)35)18-34(19)39(37,38)26-6-4-22-15-24(29)5-3-23(22)16-26;1-5(2,3)4/h3-8,11-12,15-16,19,21,27H,9-10,13-14,17-18H2,1-2H3,(H,31,35);1H3,(H,2,3,4). The van der Waals surface area contributed by atoms with Crippen molar-refractivity contribution < 1.29 is 31.0 Å². The van der Waals surface area contributed by atoms with Crippen molar-refractivity contribution in [3.8, 4) is 0 Å². The van der Waals surface area contributed by atoms with Crippen molar-refractivity contribution in [1.29, 1.82) is 0 Å². The third-order valence-electron chi connectivity index (χ3n) is 7.65. The fourth-order valence-corrected chi connectivity index (χ4v) is 7.33. The van der Waals surface area contributed by atoms with Gasteiger partial charge in [-0.05, 0) is 72.9 Å². The molecule has 2 fully saturated rings. The molecular formula is C29H36ClN5O7S2. The highest BCUT2D eigenvalue weighted by Gasteiger charge is 2.44. The number of hydrogen-bond acceptors (Lipinski definition) is 8. The number of amides is 2. The van der Waals surface area contributed by atoms with Gasteiger partial charge in [-0.1, -0.05) is 23.7 Å². The van der Waals surface area contributed by atoms with Gasteiger partial charge in [-0.15, -0.1) is 0 Å². The number of sulfonamides is 1. The highest BCUT2D eigenvalue weighted by Crippen LogP contribution is 2.30. The number of benzene rings is 2. The van der Waals surface area contributed by atoms with Crippen LogP contribution in [0.5, 0.6) is 0 Å². The lowest BCUT2D eigenvalue weighted by Gasteiger charge is -2.46. The van der Waals surface area contributed by atoms with Crippen LogP contribution in [0, 0.1) is 5.92 Å². The summed E-state index contributed by atoms with van der Waals surface area (Å²) in [7, 11) is -7.69. The van der Waals surface area contributed by atoms with Crippen molar-refractivity contribution >= 4 is 60.0 Å². The van der Waals surface area contributed by atoms with E-state index >= 15 is 0 Å². The molecule has 2 unspecified atom stereocenters. The number of hydrogen-bond donors (Lipinski definition) is 2. The second-order valence-corrected chi connectivity index (χ2v) is 14.8. The highest BCUT2D eigenvalue weighted by molar-refractivity contribution is 7.89. The molecule has 2 N–H and O–H groups in total. The Morgan fingerprint density at radius 1 is 1.02 bits per heavy atom. The zero-order valence-electron chi connectivity index (χ0n) is 24.6. The van der Waals surface area contributed by atoms with Crippen molar-refractivity contribution in [2.75, 3.05) is 37.3 Å². The summed E-state index contributed by atoms with van der Waals surface area (Å²) < 4.78 is 54.6. The maximum atomic E-state index is 13.8. The Morgan fingerprint density at radius 3 is 2.23 bits per heavy atom. The average molecular weight is 666 g/mol. The van der Waals surface area contributed by atoms with E-state index in [1.54, 1.807) is 54.5 Å². The van der Waals surface area contributed by atoms with Gasteiger partial charge >= 0.3 is 0 Å². The number of carbonyl (C=O) groups excluding carboxylic acids is 2. The van der Waals surface area contributed by atoms with Crippen LogP contribution in [-0.2, 0) is 29.7 Å². The summed E-state index contributed by atoms with van der Waals surface area (Å²) in [4.78, 5) is 33.9. The molecule has 3 aromatic rings. The van der Waals surface area contributed by atoms with E-state index in [1.807, 2.05) is 12.1 Å². The van der Waals surface area contributed by atoms with Crippen molar-refractivity contribution in [1.82, 2.24) is 19.5 Å². The maximum absolute atomic E-state index is 13.8. The molecule has 1 aromatic heterocycles. The van der Waals surface area contributed by atoms with Gasteiger partial charge in [0.05, 0.1) is 17.7 Å². The largest absolute Gasteiger partial charge is 0.371 e. The molecule has 44 heavy (non-hydrogen) atoms. The summed E-state index contributed by atoms with van der Waals surface area (Å²) >= 11 is 6.07. The second kappa shape index (κ2) is 13.8. The molecule has 2 aliphatic heterocycles. The number of fused-ring (bicyclic) bond motifs is 1. The van der Waals surface area contributed by atoms with E-state index in [4.69, 9.17) is 16.2 Å². The normalized spacial score (nSPS) is 20.2. The summed E-state index contributed by atoms with van der Waals surface area (Å²) in [5.74, 6) is -0.390. The second-order valence-electron chi connectivity index (χ2n) is 11.0. The van der Waals surface area contributed by atoms with Crippen molar-refractivity contribution in [2.45, 2.75) is 43.8 Å². The van der Waals surface area contributed by atoms with Crippen LogP contribution >= 0.6 is 11.6 Å². The summed E-state index contributed by atoms with van der Waals surface area (Å²) in [6.45, 7) is 5.13. The number of nitrogens with one attached hydrogen (secondary N) is 1. The number of piperidine rings is 1. The molecule has 12 nitrogen and oxygen atoms in total. The molecule has 3 heterocycles. The van der Waals surface area contributed by atoms with E-state index < -0.39 is 32.3 Å². The lowest BCUT2D eigenvalue weighted by Crippen LogP contribution is -2.67. The molecule has 0 spiro atoms. The molecule has 0 aliphatic carbocycles. The summed E-state index contributed by atoms with van der Waals surface area (Å²) in [6.07, 6.45) is 5.29. The highest BCUT2D eigenvalue weighted by atomic mass is 35.5. The van der Waals surface area contributed by atoms with Crippen LogP contribution in [0.2, 0.25) is 5.02 Å². The van der Waals surface area contributed by atoms with Gasteiger partial charge in [0.1, 0.15) is 12.2 Å². The van der Waals surface area contributed by atoms with Crippen LogP contribution in [0.15, 0.2) is 65.8 Å². The molecule has 2 saturated heterocycles. The SMILES string of the molecule is CC(=O)NC1CN(S(=O)(=O)c2ccc3cc(Cl)ccc3c2)C(C)C(=O)N1CC1CCN(c2ccncc2)CC1.CS(=O)(=O)O. The molecule has 0 bridgehead atoms. The molecule has 2 amide bonds. The van der Waals surface area contributed by atoms with Gasteiger partial charge < -0.3 is 15.1 Å². The van der Waals surface area contributed by atoms with Crippen molar-refractivity contribution in [3.05, 3.63) is 65.9 Å². The Labute approximate surface area is 262 Å². The van der Waals surface area contributed by atoms with Crippen LogP contribution < -0.4 is 10.2 Å². The molecule has 0 saturated carbocycles. The van der Waals surface area contributed by atoms with Crippen LogP contribution in [0.1, 0.15) is 26.7 Å². The van der Waals surface area contributed by atoms with E-state index in [0.717, 1.165) is 42.4 Å². The summed E-state index contributed by atoms with van der Waals surface area (Å²) in [5, 5.41) is 4.94. The molecule has 2 aromatic carbocycles. The molecule has 2 atom stereocenters. The lowest BCUT2D eigenvalue weighted by atomic mass is 9.95. The van der Waals surface area contributed by atoms with Gasteiger partial charge in [-0.2, -0.15) is 12.7 Å². The van der Waals surface area contributed by atoms with Gasteiger partial charge in [-0.25, -0.2) is 8.42 Å². The number of carbonyl (C=O) groups is 2. The van der Waals surface area contributed by atoms with E-state index in [1.165, 1.54) is 17.3 Å². The third-order valence-corrected chi connectivity index (χ3v) is 9.82. The van der Waals surface area contributed by atoms with Gasteiger partial charge in [0.2, 0.25) is 21.8 Å². The minimum absolute atomic E-state index is 0.0245. The van der Waals surface area contributed by atoms with E-state index in [0.29, 0.717) is 17.8 Å². The zero-order valence-corrected chi connectivity index (χ0v) is 27.0. The number of nitrogens with zero attached hydrogens (tertiary/aromatic N) is 4. The van der Waals surface area contributed by atoms with Gasteiger partial charge in [0.25, 0.3) is 10.1 Å². The fraction of sp³-hybridized carbons (Fsp3) is 0.414. The molecule has 238 valence electrons. The molecular weight excluding hydrogens is 630 g/mol. The zero-order chi connectivity index (χ0) is 32.2. The van der Waals surface area contributed by atoms with Gasteiger partial charge in [-0.3, -0.25) is 19.1 Å². The quantitative estimate of drug-likeness (QED) is 0.378. The van der Waals surface area contributed by atoms with Crippen LogP contribution in [0.4, 0.5) is 5.69 Å². The number of pyridine rings is 1. The summed E-state index contributed by atoms with van der Waals surface area (Å²) in [5.41, 5.74) is 1.12. The fourth-order valence-electron chi connectivity index (χ4n) is 5.52. The van der Waals surface area contributed by atoms with Crippen LogP contribution in [0.25, 0.3) is 10.8 Å². The topological polar surface area (TPSA) is 157 Å². The first-order valence-electron chi connectivity index (χ1n) is 14.0. The predicted octanol–water partition coefficient (Wildman–Crippen LogP) is 2.99. The van der Waals surface area contributed by atoms with Crippen molar-refractivity contribution in [3.63, 3.8) is 0 Å². The first-order valence-corrected chi connectivity index (χ1v) is 17.7. The molecule has 15 heteroatoms. The summed E-state index contributed by atoms with van der Waals surface area (Å²) in [6, 6.07) is 13.1. The number of rotatable bonds is 6. The minimum Gasteiger partial charge on any atom is -0.371 e. The Balaban J connectivity index is 0.000000818. The van der Waals surface area contributed by atoms with Gasteiger partial charge in [0.15, 0.2) is 0 Å². The van der Waals surface area contributed by atoms with E-state index in [-0.39, 0.29) is 29.2 Å². The first kappa shape index (κ1) is 33.6. The smallest absolute Gasteiger partial charge is 0.261 e. The maximum Gasteiger partial charge on any atom is 0.261 e. The first-order chi connectivity index (χ1) is 20.6. The Bertz CT molecular complexity index is 1710. The van der Waals surface area contributed by atoms with E-state index in [2.05, 4.69) is 15.2 Å². The van der Waals surface area contributed by atoms with Crippen LogP contribution in [-0.4, -0.2) is 92.0 Å². The Kier molecular flexibility index (Phi) is 10.5.